The lowest BCUT2D eigenvalue weighted by Gasteiger charge is -2.09. The van der Waals surface area contributed by atoms with Gasteiger partial charge in [-0.25, -0.2) is 0 Å². The van der Waals surface area contributed by atoms with E-state index in [2.05, 4.69) is 5.16 Å². The molecule has 0 fully saturated rings. The Kier molecular flexibility index (Phi) is 5.05. The van der Waals surface area contributed by atoms with Gasteiger partial charge >= 0.3 is 0 Å². The van der Waals surface area contributed by atoms with Crippen molar-refractivity contribution < 1.29 is 23.8 Å². The fourth-order valence-electron chi connectivity index (χ4n) is 2.28. The molecule has 2 aromatic carbocycles. The molecule has 0 unspecified atom stereocenters. The number of oxime groups is 1. The molecular formula is C18H19NO5. The Labute approximate surface area is 140 Å². The van der Waals surface area contributed by atoms with Crippen molar-refractivity contribution in [1.82, 2.24) is 0 Å². The van der Waals surface area contributed by atoms with Crippen LogP contribution in [0.25, 0.3) is 0 Å². The van der Waals surface area contributed by atoms with Crippen LogP contribution >= 0.6 is 0 Å². The van der Waals surface area contributed by atoms with Crippen molar-refractivity contribution in [3.05, 3.63) is 47.5 Å². The number of hydrogen-bond donors (Lipinski definition) is 0. The molecule has 2 aromatic rings. The average Bonchev–Trinajstić information content (AvgIpc) is 3.07. The lowest BCUT2D eigenvalue weighted by atomic mass is 10.2. The zero-order valence-corrected chi connectivity index (χ0v) is 13.7. The van der Waals surface area contributed by atoms with Crippen LogP contribution in [0.5, 0.6) is 23.0 Å². The van der Waals surface area contributed by atoms with Crippen LogP contribution in [0.3, 0.4) is 0 Å². The molecule has 0 atom stereocenters. The van der Waals surface area contributed by atoms with Crippen molar-refractivity contribution in [3.8, 4) is 23.0 Å². The van der Waals surface area contributed by atoms with Gasteiger partial charge in [0, 0.05) is 5.56 Å². The van der Waals surface area contributed by atoms with Crippen LogP contribution in [-0.4, -0.2) is 26.7 Å². The summed E-state index contributed by atoms with van der Waals surface area (Å²) in [6.07, 6.45) is 1.63. The number of ether oxygens (including phenoxy) is 4. The lowest BCUT2D eigenvalue weighted by molar-refractivity contribution is 0.132. The molecule has 126 valence electrons. The second-order valence-corrected chi connectivity index (χ2v) is 5.04. The Morgan fingerprint density at radius 3 is 2.79 bits per heavy atom. The van der Waals surface area contributed by atoms with E-state index in [0.29, 0.717) is 24.7 Å². The first-order chi connectivity index (χ1) is 11.8. The third-order valence-electron chi connectivity index (χ3n) is 3.43. The topological polar surface area (TPSA) is 58.5 Å². The maximum atomic E-state index is 5.48. The summed E-state index contributed by atoms with van der Waals surface area (Å²) >= 11 is 0. The maximum absolute atomic E-state index is 5.48. The van der Waals surface area contributed by atoms with E-state index < -0.39 is 0 Å². The van der Waals surface area contributed by atoms with Gasteiger partial charge in [0.2, 0.25) is 6.79 Å². The summed E-state index contributed by atoms with van der Waals surface area (Å²) in [6.45, 7) is 3.12. The second kappa shape index (κ2) is 7.59. The minimum Gasteiger partial charge on any atom is -0.493 e. The Balaban J connectivity index is 1.58. The molecule has 6 nitrogen and oxygen atoms in total. The molecule has 1 aliphatic heterocycles. The van der Waals surface area contributed by atoms with Crippen molar-refractivity contribution in [2.45, 2.75) is 13.5 Å². The fourth-order valence-corrected chi connectivity index (χ4v) is 2.28. The second-order valence-electron chi connectivity index (χ2n) is 5.04. The van der Waals surface area contributed by atoms with Gasteiger partial charge in [0.25, 0.3) is 0 Å². The van der Waals surface area contributed by atoms with E-state index in [1.54, 1.807) is 13.3 Å². The Bertz CT molecular complexity index is 729. The van der Waals surface area contributed by atoms with Gasteiger partial charge in [-0.2, -0.15) is 0 Å². The molecule has 0 saturated carbocycles. The first-order valence-electron chi connectivity index (χ1n) is 7.65. The van der Waals surface area contributed by atoms with Gasteiger partial charge in [0.1, 0.15) is 6.61 Å². The highest BCUT2D eigenvalue weighted by Crippen LogP contribution is 2.32. The van der Waals surface area contributed by atoms with Crippen molar-refractivity contribution in [2.75, 3.05) is 20.5 Å². The summed E-state index contributed by atoms with van der Waals surface area (Å²) in [7, 11) is 1.61. The highest BCUT2D eigenvalue weighted by atomic mass is 16.7. The van der Waals surface area contributed by atoms with Crippen LogP contribution in [0.1, 0.15) is 18.1 Å². The molecule has 3 rings (SSSR count). The molecule has 1 heterocycles. The van der Waals surface area contributed by atoms with Gasteiger partial charge in [0.15, 0.2) is 23.0 Å². The molecule has 0 spiro atoms. The maximum Gasteiger partial charge on any atom is 0.231 e. The summed E-state index contributed by atoms with van der Waals surface area (Å²) in [6, 6.07) is 11.3. The SMILES string of the molecule is CCOc1ccc(/C=N/OCc2ccc3c(c2)OCO3)cc1OC. The Morgan fingerprint density at radius 2 is 1.96 bits per heavy atom. The molecular weight excluding hydrogens is 310 g/mol. The highest BCUT2D eigenvalue weighted by Gasteiger charge is 2.13. The van der Waals surface area contributed by atoms with Crippen molar-refractivity contribution in [2.24, 2.45) is 5.16 Å². The van der Waals surface area contributed by atoms with E-state index in [-0.39, 0.29) is 6.79 Å². The van der Waals surface area contributed by atoms with Gasteiger partial charge in [-0.1, -0.05) is 11.2 Å². The standard InChI is InChI=1S/C18H19NO5/c1-3-21-15-6-4-13(8-17(15)20-2)10-19-24-11-14-5-7-16-18(9-14)23-12-22-16/h4-10H,3,11-12H2,1-2H3/b19-10+. The molecule has 0 amide bonds. The predicted octanol–water partition coefficient (Wildman–Crippen LogP) is 3.37. The predicted molar refractivity (Wildman–Crippen MR) is 89.1 cm³/mol. The molecule has 0 bridgehead atoms. The van der Waals surface area contributed by atoms with Gasteiger partial charge in [-0.15, -0.1) is 0 Å². The first-order valence-corrected chi connectivity index (χ1v) is 7.65. The minimum atomic E-state index is 0.261. The molecule has 1 aliphatic rings. The molecule has 24 heavy (non-hydrogen) atoms. The number of fused-ring (bicyclic) bond motifs is 1. The molecule has 6 heteroatoms. The van der Waals surface area contributed by atoms with Gasteiger partial charge in [0.05, 0.1) is 19.9 Å². The highest BCUT2D eigenvalue weighted by molar-refractivity contribution is 5.80. The average molecular weight is 329 g/mol. The van der Waals surface area contributed by atoms with Crippen LogP contribution in [0, 0.1) is 0 Å². The molecule has 0 aliphatic carbocycles. The number of hydrogen-bond acceptors (Lipinski definition) is 6. The number of benzene rings is 2. The van der Waals surface area contributed by atoms with Crippen molar-refractivity contribution in [1.29, 1.82) is 0 Å². The van der Waals surface area contributed by atoms with Crippen molar-refractivity contribution in [3.63, 3.8) is 0 Å². The summed E-state index contributed by atoms with van der Waals surface area (Å²) in [5.41, 5.74) is 1.82. The summed E-state index contributed by atoms with van der Waals surface area (Å²) in [4.78, 5) is 5.34. The largest absolute Gasteiger partial charge is 0.493 e. The fraction of sp³-hybridized carbons (Fsp3) is 0.278. The van der Waals surface area contributed by atoms with Crippen LogP contribution < -0.4 is 18.9 Å². The van der Waals surface area contributed by atoms with Crippen LogP contribution in [0.2, 0.25) is 0 Å². The number of rotatable bonds is 7. The summed E-state index contributed by atoms with van der Waals surface area (Å²) in [5, 5.41) is 3.99. The molecule has 0 saturated heterocycles. The van der Waals surface area contributed by atoms with E-state index in [9.17, 15) is 0 Å². The van der Waals surface area contributed by atoms with Gasteiger partial charge < -0.3 is 23.8 Å². The smallest absolute Gasteiger partial charge is 0.231 e. The number of nitrogens with zero attached hydrogens (tertiary/aromatic N) is 1. The zero-order valence-electron chi connectivity index (χ0n) is 13.7. The molecule has 0 N–H and O–H groups in total. The summed E-state index contributed by atoms with van der Waals surface area (Å²) in [5.74, 6) is 2.86. The van der Waals surface area contributed by atoms with E-state index in [1.165, 1.54) is 0 Å². The Hall–Kier alpha value is -2.89. The lowest BCUT2D eigenvalue weighted by Crippen LogP contribution is -1.96. The van der Waals surface area contributed by atoms with Gasteiger partial charge in [-0.3, -0.25) is 0 Å². The van der Waals surface area contributed by atoms with E-state index in [0.717, 1.165) is 22.6 Å². The third kappa shape index (κ3) is 3.71. The monoisotopic (exact) mass is 329 g/mol. The summed E-state index contributed by atoms with van der Waals surface area (Å²) < 4.78 is 21.4. The van der Waals surface area contributed by atoms with E-state index in [1.807, 2.05) is 43.3 Å². The van der Waals surface area contributed by atoms with Crippen LogP contribution in [-0.2, 0) is 11.4 Å². The van der Waals surface area contributed by atoms with Crippen LogP contribution in [0.15, 0.2) is 41.6 Å². The minimum absolute atomic E-state index is 0.261. The zero-order chi connectivity index (χ0) is 16.8. The quantitative estimate of drug-likeness (QED) is 0.576. The van der Waals surface area contributed by atoms with Crippen molar-refractivity contribution >= 4 is 6.21 Å². The van der Waals surface area contributed by atoms with E-state index >= 15 is 0 Å². The first kappa shape index (κ1) is 16.0. The third-order valence-corrected chi connectivity index (χ3v) is 3.43. The Morgan fingerprint density at radius 1 is 1.08 bits per heavy atom. The molecule has 0 aromatic heterocycles. The van der Waals surface area contributed by atoms with Crippen LogP contribution in [0.4, 0.5) is 0 Å². The molecule has 0 radical (unpaired) electrons. The normalized spacial score (nSPS) is 12.4. The van der Waals surface area contributed by atoms with Gasteiger partial charge in [-0.05, 0) is 42.8 Å². The number of methoxy groups -OCH3 is 1. The van der Waals surface area contributed by atoms with E-state index in [4.69, 9.17) is 23.8 Å².